The van der Waals surface area contributed by atoms with Crippen LogP contribution in [0.1, 0.15) is 48.5 Å². The Labute approximate surface area is 138 Å². The Morgan fingerprint density at radius 2 is 1.48 bits per heavy atom. The van der Waals surface area contributed by atoms with Gasteiger partial charge in [0, 0.05) is 11.2 Å². The second kappa shape index (κ2) is 5.53. The molecule has 0 radical (unpaired) electrons. The molecule has 0 bridgehead atoms. The highest BCUT2D eigenvalue weighted by Gasteiger charge is 2.51. The molecule has 1 aliphatic heterocycles. The molecule has 1 aromatic rings. The third-order valence-corrected chi connectivity index (χ3v) is 4.54. The van der Waals surface area contributed by atoms with Crippen molar-refractivity contribution in [3.63, 3.8) is 0 Å². The zero-order valence-corrected chi connectivity index (χ0v) is 15.0. The third-order valence-electron chi connectivity index (χ3n) is 4.54. The van der Waals surface area contributed by atoms with Crippen LogP contribution in [-0.2, 0) is 9.31 Å². The van der Waals surface area contributed by atoms with Crippen molar-refractivity contribution in [2.75, 3.05) is 4.90 Å². The van der Waals surface area contributed by atoms with Gasteiger partial charge in [-0.3, -0.25) is 4.90 Å². The van der Waals surface area contributed by atoms with Gasteiger partial charge in [-0.05, 0) is 66.1 Å². The molecule has 126 valence electrons. The number of benzene rings is 1. The van der Waals surface area contributed by atoms with E-state index in [1.807, 2.05) is 60.6 Å². The Morgan fingerprint density at radius 3 is 1.83 bits per heavy atom. The summed E-state index contributed by atoms with van der Waals surface area (Å²) < 4.78 is 12.0. The number of nitrogens with zero attached hydrogens (tertiary/aromatic N) is 1. The number of anilines is 1. The number of carboxylic acid groups (broad SMARTS) is 1. The van der Waals surface area contributed by atoms with Crippen LogP contribution >= 0.6 is 0 Å². The quantitative estimate of drug-likeness (QED) is 0.850. The smallest absolute Gasteiger partial charge is 0.465 e. The van der Waals surface area contributed by atoms with E-state index in [0.29, 0.717) is 5.69 Å². The van der Waals surface area contributed by atoms with Gasteiger partial charge in [-0.1, -0.05) is 12.1 Å². The van der Waals surface area contributed by atoms with Gasteiger partial charge in [-0.15, -0.1) is 0 Å². The van der Waals surface area contributed by atoms with E-state index in [9.17, 15) is 9.90 Å². The lowest BCUT2D eigenvalue weighted by Crippen LogP contribution is -2.45. The first kappa shape index (κ1) is 17.8. The van der Waals surface area contributed by atoms with Crippen LogP contribution in [0, 0.1) is 0 Å². The van der Waals surface area contributed by atoms with E-state index >= 15 is 0 Å². The highest BCUT2D eigenvalue weighted by Crippen LogP contribution is 2.36. The predicted octanol–water partition coefficient (Wildman–Crippen LogP) is 3.27. The van der Waals surface area contributed by atoms with E-state index in [-0.39, 0.29) is 0 Å². The topological polar surface area (TPSA) is 59.0 Å². The first-order valence-electron chi connectivity index (χ1n) is 7.84. The van der Waals surface area contributed by atoms with Crippen molar-refractivity contribution in [3.8, 4) is 0 Å². The highest BCUT2D eigenvalue weighted by atomic mass is 16.7. The standard InChI is InChI=1S/C17H26BNO4/c1-15(2,3)19(14(20)21)13-10-8-12(9-11-13)18-22-16(4,5)17(6,7)23-18/h8-11H,1-7H3,(H,20,21). The Bertz CT molecular complexity index is 574. The molecule has 0 aliphatic carbocycles. The molecular formula is C17H26BNO4. The molecule has 0 unspecified atom stereocenters. The monoisotopic (exact) mass is 319 g/mol. The minimum absolute atomic E-state index is 0.394. The maximum Gasteiger partial charge on any atom is 0.494 e. The Kier molecular flexibility index (Phi) is 4.28. The van der Waals surface area contributed by atoms with Gasteiger partial charge in [0.2, 0.25) is 0 Å². The van der Waals surface area contributed by atoms with Crippen LogP contribution in [-0.4, -0.2) is 35.1 Å². The lowest BCUT2D eigenvalue weighted by molar-refractivity contribution is 0.00578. The molecule has 1 amide bonds. The Balaban J connectivity index is 2.26. The van der Waals surface area contributed by atoms with E-state index in [2.05, 4.69) is 0 Å². The van der Waals surface area contributed by atoms with Crippen LogP contribution in [0.5, 0.6) is 0 Å². The van der Waals surface area contributed by atoms with Crippen LogP contribution in [0.15, 0.2) is 24.3 Å². The SMILES string of the molecule is CC(C)(C)N(C(=O)O)c1ccc(B2OC(C)(C)C(C)(C)O2)cc1. The van der Waals surface area contributed by atoms with Gasteiger partial charge in [0.25, 0.3) is 0 Å². The molecular weight excluding hydrogens is 293 g/mol. The first-order valence-corrected chi connectivity index (χ1v) is 7.84. The number of amides is 1. The predicted molar refractivity (Wildman–Crippen MR) is 92.4 cm³/mol. The molecule has 0 atom stereocenters. The summed E-state index contributed by atoms with van der Waals surface area (Å²) in [6, 6.07) is 7.30. The molecule has 0 aromatic heterocycles. The molecule has 23 heavy (non-hydrogen) atoms. The van der Waals surface area contributed by atoms with Crippen molar-refractivity contribution in [2.24, 2.45) is 0 Å². The van der Waals surface area contributed by atoms with Gasteiger partial charge >= 0.3 is 13.2 Å². The molecule has 1 saturated heterocycles. The number of hydrogen-bond donors (Lipinski definition) is 1. The second-order valence-electron chi connectivity index (χ2n) is 7.97. The fourth-order valence-corrected chi connectivity index (χ4v) is 2.54. The van der Waals surface area contributed by atoms with E-state index in [4.69, 9.17) is 9.31 Å². The molecule has 0 spiro atoms. The normalized spacial score (nSPS) is 19.7. The fraction of sp³-hybridized carbons (Fsp3) is 0.588. The van der Waals surface area contributed by atoms with Crippen molar-refractivity contribution in [3.05, 3.63) is 24.3 Å². The van der Waals surface area contributed by atoms with Crippen molar-refractivity contribution in [1.29, 1.82) is 0 Å². The summed E-state index contributed by atoms with van der Waals surface area (Å²) in [7, 11) is -0.443. The summed E-state index contributed by atoms with van der Waals surface area (Å²) in [6.45, 7) is 13.6. The van der Waals surface area contributed by atoms with Gasteiger partial charge in [0.1, 0.15) is 0 Å². The summed E-state index contributed by atoms with van der Waals surface area (Å²) in [6.07, 6.45) is -0.971. The van der Waals surface area contributed by atoms with E-state index in [1.165, 1.54) is 4.90 Å². The van der Waals surface area contributed by atoms with E-state index < -0.39 is 30.0 Å². The first-order chi connectivity index (χ1) is 10.3. The van der Waals surface area contributed by atoms with Gasteiger partial charge < -0.3 is 14.4 Å². The summed E-state index contributed by atoms with van der Waals surface area (Å²) in [5.74, 6) is 0. The average Bonchev–Trinajstić information content (AvgIpc) is 2.57. The van der Waals surface area contributed by atoms with Crippen molar-refractivity contribution >= 4 is 24.4 Å². The van der Waals surface area contributed by atoms with E-state index in [0.717, 1.165) is 5.46 Å². The maximum absolute atomic E-state index is 11.5. The maximum atomic E-state index is 11.5. The largest absolute Gasteiger partial charge is 0.494 e. The van der Waals surface area contributed by atoms with Crippen LogP contribution in [0.25, 0.3) is 0 Å². The Morgan fingerprint density at radius 1 is 1.04 bits per heavy atom. The summed E-state index contributed by atoms with van der Waals surface area (Å²) >= 11 is 0. The molecule has 5 nitrogen and oxygen atoms in total. The molecule has 1 aliphatic rings. The minimum atomic E-state index is -0.971. The Hall–Kier alpha value is -1.53. The summed E-state index contributed by atoms with van der Waals surface area (Å²) in [5.41, 5.74) is 0.207. The molecule has 1 fully saturated rings. The molecule has 1 aromatic carbocycles. The molecule has 1 N–H and O–H groups in total. The zero-order valence-electron chi connectivity index (χ0n) is 15.0. The molecule has 1 heterocycles. The van der Waals surface area contributed by atoms with Crippen LogP contribution in [0.4, 0.5) is 10.5 Å². The third kappa shape index (κ3) is 3.38. The van der Waals surface area contributed by atoms with Crippen LogP contribution in [0.2, 0.25) is 0 Å². The van der Waals surface area contributed by atoms with Crippen LogP contribution in [0.3, 0.4) is 0 Å². The van der Waals surface area contributed by atoms with Gasteiger partial charge in [-0.2, -0.15) is 0 Å². The number of rotatable bonds is 2. The number of hydrogen-bond acceptors (Lipinski definition) is 3. The molecule has 2 rings (SSSR count). The highest BCUT2D eigenvalue weighted by molar-refractivity contribution is 6.62. The lowest BCUT2D eigenvalue weighted by atomic mass is 9.79. The second-order valence-corrected chi connectivity index (χ2v) is 7.97. The van der Waals surface area contributed by atoms with Gasteiger partial charge in [-0.25, -0.2) is 4.79 Å². The molecule has 0 saturated carbocycles. The van der Waals surface area contributed by atoms with Crippen molar-refractivity contribution < 1.29 is 19.2 Å². The fourth-order valence-electron chi connectivity index (χ4n) is 2.54. The van der Waals surface area contributed by atoms with Crippen molar-refractivity contribution in [2.45, 2.75) is 65.2 Å². The number of carbonyl (C=O) groups is 1. The van der Waals surface area contributed by atoms with Crippen molar-refractivity contribution in [1.82, 2.24) is 0 Å². The zero-order chi connectivity index (χ0) is 17.6. The average molecular weight is 319 g/mol. The lowest BCUT2D eigenvalue weighted by Gasteiger charge is -2.33. The summed E-state index contributed by atoms with van der Waals surface area (Å²) in [4.78, 5) is 12.9. The molecule has 6 heteroatoms. The van der Waals surface area contributed by atoms with Gasteiger partial charge in [0.05, 0.1) is 11.2 Å². The minimum Gasteiger partial charge on any atom is -0.465 e. The van der Waals surface area contributed by atoms with Crippen LogP contribution < -0.4 is 10.4 Å². The van der Waals surface area contributed by atoms with Gasteiger partial charge in [0.15, 0.2) is 0 Å². The summed E-state index contributed by atoms with van der Waals surface area (Å²) in [5, 5.41) is 9.46. The van der Waals surface area contributed by atoms with E-state index in [1.54, 1.807) is 12.1 Å².